The Morgan fingerprint density at radius 3 is 1.51 bits per heavy atom. The Balaban J connectivity index is 0.000000268. The van der Waals surface area contributed by atoms with Gasteiger partial charge in [-0.1, -0.05) is 68.1 Å². The third-order valence-electron chi connectivity index (χ3n) is 5.29. The van der Waals surface area contributed by atoms with E-state index in [4.69, 9.17) is 5.73 Å². The predicted molar refractivity (Wildman–Crippen MR) is 161 cm³/mol. The fourth-order valence-corrected chi connectivity index (χ4v) is 7.16. The maximum Gasteiger partial charge on any atom is 0.287 e. The molecule has 0 unspecified atom stereocenters. The summed E-state index contributed by atoms with van der Waals surface area (Å²) >= 11 is 6.37. The second-order valence-electron chi connectivity index (χ2n) is 7.96. The van der Waals surface area contributed by atoms with Crippen molar-refractivity contribution in [2.75, 3.05) is 5.73 Å². The van der Waals surface area contributed by atoms with Crippen molar-refractivity contribution in [3.05, 3.63) is 127 Å². The van der Waals surface area contributed by atoms with Crippen molar-refractivity contribution in [1.82, 2.24) is 0 Å². The highest BCUT2D eigenvalue weighted by Gasteiger charge is 2.24. The first kappa shape index (κ1) is 32.2. The number of sulfone groups is 2. The van der Waals surface area contributed by atoms with Gasteiger partial charge >= 0.3 is 0 Å². The highest BCUT2D eigenvalue weighted by molar-refractivity contribution is 9.11. The molecule has 0 amide bonds. The Morgan fingerprint density at radius 2 is 1.05 bits per heavy atom. The molecule has 4 rings (SSSR count). The summed E-state index contributed by atoms with van der Waals surface area (Å²) in [5.74, 6) is -0.505. The van der Waals surface area contributed by atoms with E-state index in [1.807, 2.05) is 0 Å². The van der Waals surface area contributed by atoms with Crippen LogP contribution in [0, 0.1) is 10.1 Å². The summed E-state index contributed by atoms with van der Waals surface area (Å²) in [6.45, 7) is 0. The predicted octanol–water partition coefficient (Wildman–Crippen LogP) is 6.97. The molecule has 4 aromatic carbocycles. The Bertz CT molecular complexity index is 1650. The van der Waals surface area contributed by atoms with Crippen molar-refractivity contribution < 1.29 is 21.8 Å². The third kappa shape index (κ3) is 8.46. The minimum Gasteiger partial charge on any atom is -0.398 e. The van der Waals surface area contributed by atoms with Crippen LogP contribution in [-0.2, 0) is 31.2 Å². The van der Waals surface area contributed by atoms with Crippen LogP contribution >= 0.6 is 31.9 Å². The number of hydrogen-bond donors (Lipinski definition) is 1. The summed E-state index contributed by atoms with van der Waals surface area (Å²) in [6, 6.07) is 26.1. The summed E-state index contributed by atoms with van der Waals surface area (Å²) < 4.78 is 49.9. The van der Waals surface area contributed by atoms with E-state index in [9.17, 15) is 26.9 Å². The van der Waals surface area contributed by atoms with Crippen LogP contribution in [0.15, 0.2) is 116 Å². The van der Waals surface area contributed by atoms with Crippen molar-refractivity contribution in [3.63, 3.8) is 0 Å². The lowest BCUT2D eigenvalue weighted by Crippen LogP contribution is -2.07. The number of nitro benzene ring substituents is 1. The Labute approximate surface area is 245 Å². The lowest BCUT2D eigenvalue weighted by Gasteiger charge is -2.08. The monoisotopic (exact) mass is 696 g/mol. The van der Waals surface area contributed by atoms with Crippen LogP contribution < -0.4 is 5.73 Å². The largest absolute Gasteiger partial charge is 0.398 e. The minimum absolute atomic E-state index is 0. The van der Waals surface area contributed by atoms with Crippen molar-refractivity contribution in [1.29, 1.82) is 0 Å². The van der Waals surface area contributed by atoms with Crippen molar-refractivity contribution in [2.45, 2.75) is 28.7 Å². The number of nitro groups is 1. The van der Waals surface area contributed by atoms with Gasteiger partial charge < -0.3 is 5.73 Å². The molecule has 0 aliphatic rings. The molecule has 0 aromatic heterocycles. The molecule has 12 heteroatoms. The molecule has 0 aliphatic heterocycles. The van der Waals surface area contributed by atoms with Crippen LogP contribution in [0.1, 0.15) is 18.6 Å². The SMILES string of the molecule is C.Nc1c(Br)cccc1CS(=O)(=O)c1ccccc1.O=[N+]([O-])c1c(Br)cccc1CS(=O)(=O)c1ccccc1. The molecule has 0 fully saturated rings. The molecule has 8 nitrogen and oxygen atoms in total. The molecule has 4 aromatic rings. The molecule has 0 saturated carbocycles. The summed E-state index contributed by atoms with van der Waals surface area (Å²) in [5.41, 5.74) is 6.88. The fourth-order valence-electron chi connectivity index (χ4n) is 3.42. The Morgan fingerprint density at radius 1 is 0.641 bits per heavy atom. The highest BCUT2D eigenvalue weighted by Crippen LogP contribution is 2.31. The van der Waals surface area contributed by atoms with Gasteiger partial charge in [0.05, 0.1) is 36.4 Å². The second-order valence-corrected chi connectivity index (χ2v) is 13.6. The molecular weight excluding hydrogens is 672 g/mol. The highest BCUT2D eigenvalue weighted by atomic mass is 79.9. The number of para-hydroxylation sites is 2. The molecule has 0 heterocycles. The van der Waals surface area contributed by atoms with E-state index in [0.717, 1.165) is 0 Å². The fraction of sp³-hybridized carbons (Fsp3) is 0.111. The van der Waals surface area contributed by atoms with E-state index in [1.165, 1.54) is 24.3 Å². The van der Waals surface area contributed by atoms with Crippen LogP contribution in [0.3, 0.4) is 0 Å². The number of nitrogens with two attached hydrogens (primary N) is 1. The van der Waals surface area contributed by atoms with Gasteiger partial charge in [-0.3, -0.25) is 10.1 Å². The first-order valence-electron chi connectivity index (χ1n) is 10.9. The van der Waals surface area contributed by atoms with Crippen LogP contribution in [0.2, 0.25) is 0 Å². The zero-order valence-corrected chi connectivity index (χ0v) is 24.5. The molecule has 2 N–H and O–H groups in total. The molecule has 39 heavy (non-hydrogen) atoms. The first-order chi connectivity index (χ1) is 17.9. The summed E-state index contributed by atoms with van der Waals surface area (Å²) in [5, 5.41) is 11.0. The lowest BCUT2D eigenvalue weighted by atomic mass is 10.2. The zero-order valence-electron chi connectivity index (χ0n) is 19.7. The van der Waals surface area contributed by atoms with Crippen LogP contribution in [0.4, 0.5) is 11.4 Å². The average Bonchev–Trinajstić information content (AvgIpc) is 2.88. The Kier molecular flexibility index (Phi) is 11.4. The standard InChI is InChI=1S/C13H10BrNO4S.C13H12BrNO2S.CH4/c14-12-8-4-5-10(13(12)15(16)17)9-20(18,19)11-6-2-1-3-7-11;14-12-8-4-5-10(13(12)15)9-18(16,17)11-6-2-1-3-7-11;/h1-8H,9H2;1-8H,9,15H2;1H4. The van der Waals surface area contributed by atoms with E-state index >= 15 is 0 Å². The summed E-state index contributed by atoms with van der Waals surface area (Å²) in [7, 11) is -6.96. The van der Waals surface area contributed by atoms with Gasteiger partial charge in [0.25, 0.3) is 5.69 Å². The van der Waals surface area contributed by atoms with E-state index in [0.29, 0.717) is 20.6 Å². The van der Waals surface area contributed by atoms with Gasteiger partial charge in [-0.25, -0.2) is 16.8 Å². The third-order valence-corrected chi connectivity index (χ3v) is 9.99. The number of anilines is 1. The average molecular weight is 698 g/mol. The number of benzene rings is 4. The Hall–Kier alpha value is -3.06. The molecule has 0 aliphatic carbocycles. The molecule has 0 spiro atoms. The second kappa shape index (κ2) is 13.8. The number of hydrogen-bond acceptors (Lipinski definition) is 7. The van der Waals surface area contributed by atoms with Gasteiger partial charge in [0.15, 0.2) is 19.7 Å². The van der Waals surface area contributed by atoms with Gasteiger partial charge in [-0.2, -0.15) is 0 Å². The van der Waals surface area contributed by atoms with Gasteiger partial charge in [0.2, 0.25) is 0 Å². The molecule has 0 saturated heterocycles. The maximum absolute atomic E-state index is 12.2. The van der Waals surface area contributed by atoms with Crippen molar-refractivity contribution in [3.8, 4) is 0 Å². The van der Waals surface area contributed by atoms with Crippen LogP contribution in [0.25, 0.3) is 0 Å². The van der Waals surface area contributed by atoms with Gasteiger partial charge in [-0.15, -0.1) is 0 Å². The van der Waals surface area contributed by atoms with E-state index in [1.54, 1.807) is 72.8 Å². The number of nitrogens with zero attached hydrogens (tertiary/aromatic N) is 1. The van der Waals surface area contributed by atoms with Gasteiger partial charge in [-0.05, 0) is 73.8 Å². The smallest absolute Gasteiger partial charge is 0.287 e. The molecule has 0 radical (unpaired) electrons. The molecule has 0 atom stereocenters. The van der Waals surface area contributed by atoms with Gasteiger partial charge in [0, 0.05) is 10.0 Å². The van der Waals surface area contributed by atoms with E-state index in [-0.39, 0.29) is 33.8 Å². The quantitative estimate of drug-likeness (QED) is 0.125. The summed E-state index contributed by atoms with van der Waals surface area (Å²) in [6.07, 6.45) is 0. The number of rotatable bonds is 7. The summed E-state index contributed by atoms with van der Waals surface area (Å²) in [4.78, 5) is 10.9. The van der Waals surface area contributed by atoms with E-state index in [2.05, 4.69) is 31.9 Å². The van der Waals surface area contributed by atoms with Gasteiger partial charge in [0.1, 0.15) is 0 Å². The lowest BCUT2D eigenvalue weighted by molar-refractivity contribution is -0.386. The first-order valence-corrected chi connectivity index (χ1v) is 15.8. The number of nitrogen functional groups attached to an aromatic ring is 1. The maximum atomic E-state index is 12.2. The molecule has 206 valence electrons. The molecule has 0 bridgehead atoms. The van der Waals surface area contributed by atoms with Crippen molar-refractivity contribution >= 4 is 62.9 Å². The van der Waals surface area contributed by atoms with Crippen molar-refractivity contribution in [2.24, 2.45) is 0 Å². The molecular formula is C27H26Br2N2O6S2. The topological polar surface area (TPSA) is 137 Å². The number of halogens is 2. The van der Waals surface area contributed by atoms with Crippen LogP contribution in [0.5, 0.6) is 0 Å². The normalized spacial score (nSPS) is 11.0. The van der Waals surface area contributed by atoms with E-state index < -0.39 is 30.4 Å². The van der Waals surface area contributed by atoms with Crippen LogP contribution in [-0.4, -0.2) is 21.8 Å². The minimum atomic E-state index is -3.61. The zero-order chi connectivity index (χ0) is 27.9.